The third kappa shape index (κ3) is 47.2. The molecule has 1 amide bonds. The van der Waals surface area contributed by atoms with Crippen LogP contribution in [0.4, 0.5) is 0 Å². The maximum Gasteiger partial charge on any atom is 0.306 e. The van der Waals surface area contributed by atoms with Gasteiger partial charge in [-0.25, -0.2) is 0 Å². The van der Waals surface area contributed by atoms with Gasteiger partial charge in [-0.05, 0) is 89.9 Å². The first-order valence-electron chi connectivity index (χ1n) is 35.1. The second kappa shape index (κ2) is 59.7. The summed E-state index contributed by atoms with van der Waals surface area (Å²) in [5, 5.41) is 57.1. The number of unbranched alkanes of at least 4 members (excludes halogenated alkanes) is 38. The summed E-state index contributed by atoms with van der Waals surface area (Å²) in [6.07, 6.45) is 65.5. The molecule has 11 nitrogen and oxygen atoms in total. The van der Waals surface area contributed by atoms with Gasteiger partial charge in [0, 0.05) is 6.42 Å². The van der Waals surface area contributed by atoms with Crippen LogP contribution in [0.25, 0.3) is 0 Å². The second-order valence-corrected chi connectivity index (χ2v) is 24.3. The molecule has 8 atom stereocenters. The second-order valence-electron chi connectivity index (χ2n) is 24.3. The maximum absolute atomic E-state index is 13.4. The van der Waals surface area contributed by atoms with Crippen LogP contribution in [-0.2, 0) is 23.8 Å². The molecule has 1 heterocycles. The SMILES string of the molecule is CCCCC/C=C\C/C=C\C/C=C\CCCCCCCCCCCCCCCCC(=O)OC1C(OCC(NC(=O)C(O)CCCCCCCC/C=C/CCCCCCCC)C(O)/C=C/CCCCCCCCCCC)OC(CO)C(O)C1O. The maximum atomic E-state index is 13.4. The third-order valence-electron chi connectivity index (χ3n) is 16.4. The van der Waals surface area contributed by atoms with Gasteiger partial charge in [-0.3, -0.25) is 9.59 Å². The van der Waals surface area contributed by atoms with Crippen molar-refractivity contribution < 1.29 is 49.3 Å². The van der Waals surface area contributed by atoms with Gasteiger partial charge in [0.1, 0.15) is 24.4 Å². The average Bonchev–Trinajstić information content (AvgIpc) is 3.68. The Labute approximate surface area is 509 Å². The molecule has 1 saturated heterocycles. The van der Waals surface area contributed by atoms with Crippen molar-refractivity contribution in [2.24, 2.45) is 0 Å². The summed E-state index contributed by atoms with van der Waals surface area (Å²) in [4.78, 5) is 26.6. The Morgan fingerprint density at radius 2 is 0.831 bits per heavy atom. The molecule has 0 spiro atoms. The summed E-state index contributed by atoms with van der Waals surface area (Å²) >= 11 is 0. The summed E-state index contributed by atoms with van der Waals surface area (Å²) < 4.78 is 17.7. The van der Waals surface area contributed by atoms with Gasteiger partial charge < -0.3 is 45.1 Å². The van der Waals surface area contributed by atoms with Gasteiger partial charge in [0.2, 0.25) is 5.91 Å². The number of rotatable bonds is 60. The quantitative estimate of drug-likeness (QED) is 0.0195. The van der Waals surface area contributed by atoms with Gasteiger partial charge in [-0.2, -0.15) is 0 Å². The van der Waals surface area contributed by atoms with Crippen molar-refractivity contribution in [2.45, 2.75) is 372 Å². The molecule has 0 saturated carbocycles. The standard InChI is InChI=1S/C72H131NO10/c1-4-7-10-13-16-19-22-24-26-28-29-30-31-32-33-34-35-36-37-38-40-42-45-48-51-54-57-60-67(77)83-70-69(79)68(78)66(61-74)82-72(70)81-62-63(64(75)58-55-52-49-46-43-21-18-15-12-9-6-3)73-71(80)65(76)59-56-53-50-47-44-41-39-27-25-23-20-17-14-11-8-5-2/h16,19,24-27,29-30,55,58,63-66,68-70,72,74-76,78-79H,4-15,17-18,20-23,28,31-54,56-57,59-62H2,1-3H3,(H,73,80)/b19-16-,26-24-,27-25+,30-29-,58-55+. The molecule has 1 rings (SSSR count). The lowest BCUT2D eigenvalue weighted by Crippen LogP contribution is -2.61. The molecule has 1 aliphatic heterocycles. The molecular formula is C72H131NO10. The van der Waals surface area contributed by atoms with E-state index in [1.165, 1.54) is 193 Å². The van der Waals surface area contributed by atoms with E-state index < -0.39 is 67.4 Å². The number of esters is 1. The van der Waals surface area contributed by atoms with Crippen molar-refractivity contribution in [1.29, 1.82) is 0 Å². The number of nitrogens with one attached hydrogen (secondary N) is 1. The molecule has 0 radical (unpaired) electrons. The Kier molecular flexibility index (Phi) is 56.4. The highest BCUT2D eigenvalue weighted by Crippen LogP contribution is 2.26. The lowest BCUT2D eigenvalue weighted by atomic mass is 9.99. The fourth-order valence-corrected chi connectivity index (χ4v) is 10.8. The summed E-state index contributed by atoms with van der Waals surface area (Å²) in [5.41, 5.74) is 0. The Hall–Kier alpha value is -2.64. The van der Waals surface area contributed by atoms with E-state index in [1.807, 2.05) is 6.08 Å². The first-order valence-corrected chi connectivity index (χ1v) is 35.1. The molecule has 484 valence electrons. The van der Waals surface area contributed by atoms with Crippen molar-refractivity contribution >= 4 is 11.9 Å². The van der Waals surface area contributed by atoms with E-state index in [4.69, 9.17) is 14.2 Å². The van der Waals surface area contributed by atoms with Gasteiger partial charge in [-0.15, -0.1) is 0 Å². The number of ether oxygens (including phenoxy) is 3. The van der Waals surface area contributed by atoms with Crippen LogP contribution in [0, 0.1) is 0 Å². The topological polar surface area (TPSA) is 175 Å². The zero-order chi connectivity index (χ0) is 60.3. The van der Waals surface area contributed by atoms with Crippen molar-refractivity contribution in [3.63, 3.8) is 0 Å². The number of amides is 1. The van der Waals surface area contributed by atoms with Gasteiger partial charge in [0.05, 0.1) is 25.4 Å². The number of aliphatic hydroxyl groups excluding tert-OH is 5. The molecule has 0 aromatic rings. The molecule has 8 unspecified atom stereocenters. The van der Waals surface area contributed by atoms with E-state index in [0.717, 1.165) is 83.5 Å². The molecule has 0 aromatic carbocycles. The van der Waals surface area contributed by atoms with Crippen molar-refractivity contribution in [3.8, 4) is 0 Å². The third-order valence-corrected chi connectivity index (χ3v) is 16.4. The van der Waals surface area contributed by atoms with Crippen LogP contribution in [0.5, 0.6) is 0 Å². The first kappa shape index (κ1) is 78.4. The minimum Gasteiger partial charge on any atom is -0.454 e. The highest BCUT2D eigenvalue weighted by atomic mass is 16.7. The lowest BCUT2D eigenvalue weighted by molar-refractivity contribution is -0.305. The van der Waals surface area contributed by atoms with E-state index in [9.17, 15) is 35.1 Å². The first-order chi connectivity index (χ1) is 40.7. The smallest absolute Gasteiger partial charge is 0.306 e. The fraction of sp³-hybridized carbons (Fsp3) is 0.833. The number of allylic oxidation sites excluding steroid dienone is 9. The fourth-order valence-electron chi connectivity index (χ4n) is 10.8. The predicted molar refractivity (Wildman–Crippen MR) is 347 cm³/mol. The highest BCUT2D eigenvalue weighted by Gasteiger charge is 2.47. The Balaban J connectivity index is 2.53. The predicted octanol–water partition coefficient (Wildman–Crippen LogP) is 17.7. The zero-order valence-electron chi connectivity index (χ0n) is 53.8. The number of hydrogen-bond donors (Lipinski definition) is 6. The monoisotopic (exact) mass is 1170 g/mol. The van der Waals surface area contributed by atoms with Gasteiger partial charge in [0.15, 0.2) is 12.4 Å². The van der Waals surface area contributed by atoms with Gasteiger partial charge in [-0.1, -0.05) is 287 Å². The van der Waals surface area contributed by atoms with Crippen LogP contribution in [0.1, 0.15) is 323 Å². The normalized spacial score (nSPS) is 18.9. The van der Waals surface area contributed by atoms with Crippen molar-refractivity contribution in [1.82, 2.24) is 5.32 Å². The summed E-state index contributed by atoms with van der Waals surface area (Å²) in [5.74, 6) is -1.19. The van der Waals surface area contributed by atoms with Crippen LogP contribution in [0.15, 0.2) is 60.8 Å². The van der Waals surface area contributed by atoms with Crippen LogP contribution in [-0.4, -0.2) is 99.6 Å². The molecular weight excluding hydrogens is 1040 g/mol. The van der Waals surface area contributed by atoms with E-state index in [1.54, 1.807) is 6.08 Å². The average molecular weight is 1170 g/mol. The van der Waals surface area contributed by atoms with E-state index in [-0.39, 0.29) is 19.4 Å². The molecule has 1 fully saturated rings. The Morgan fingerprint density at radius 3 is 1.28 bits per heavy atom. The van der Waals surface area contributed by atoms with Crippen LogP contribution in [0.2, 0.25) is 0 Å². The van der Waals surface area contributed by atoms with Gasteiger partial charge in [0.25, 0.3) is 0 Å². The van der Waals surface area contributed by atoms with E-state index >= 15 is 0 Å². The molecule has 0 aliphatic carbocycles. The number of carbonyl (C=O) groups is 2. The van der Waals surface area contributed by atoms with E-state index in [2.05, 4.69) is 74.7 Å². The minimum absolute atomic E-state index is 0.122. The Bertz CT molecular complexity index is 1580. The number of aliphatic hydroxyl groups is 5. The molecule has 0 bridgehead atoms. The van der Waals surface area contributed by atoms with Crippen LogP contribution >= 0.6 is 0 Å². The molecule has 0 aromatic heterocycles. The Morgan fingerprint density at radius 1 is 0.470 bits per heavy atom. The van der Waals surface area contributed by atoms with E-state index in [0.29, 0.717) is 12.8 Å². The zero-order valence-corrected chi connectivity index (χ0v) is 53.8. The van der Waals surface area contributed by atoms with Crippen molar-refractivity contribution in [2.75, 3.05) is 13.2 Å². The summed E-state index contributed by atoms with van der Waals surface area (Å²) in [6, 6.07) is -1.03. The summed E-state index contributed by atoms with van der Waals surface area (Å²) in [7, 11) is 0. The van der Waals surface area contributed by atoms with Crippen molar-refractivity contribution in [3.05, 3.63) is 60.8 Å². The number of hydrogen-bond acceptors (Lipinski definition) is 10. The van der Waals surface area contributed by atoms with Crippen LogP contribution < -0.4 is 5.32 Å². The van der Waals surface area contributed by atoms with Gasteiger partial charge >= 0.3 is 5.97 Å². The highest BCUT2D eigenvalue weighted by molar-refractivity contribution is 5.80. The minimum atomic E-state index is -1.62. The summed E-state index contributed by atoms with van der Waals surface area (Å²) in [6.45, 7) is 5.78. The molecule has 83 heavy (non-hydrogen) atoms. The largest absolute Gasteiger partial charge is 0.454 e. The number of carbonyl (C=O) groups excluding carboxylic acids is 2. The lowest BCUT2D eigenvalue weighted by Gasteiger charge is -2.41. The molecule has 6 N–H and O–H groups in total. The molecule has 1 aliphatic rings. The molecule has 11 heteroatoms. The van der Waals surface area contributed by atoms with Crippen LogP contribution in [0.3, 0.4) is 0 Å².